The molecule has 7 heteroatoms. The van der Waals surface area contributed by atoms with Gasteiger partial charge in [-0.15, -0.1) is 5.10 Å². The third-order valence-corrected chi connectivity index (χ3v) is 3.58. The predicted octanol–water partition coefficient (Wildman–Crippen LogP) is 1.55. The maximum absolute atomic E-state index is 13.9. The molecule has 3 N–H and O–H groups in total. The van der Waals surface area contributed by atoms with Gasteiger partial charge in [0.1, 0.15) is 11.6 Å². The van der Waals surface area contributed by atoms with E-state index >= 15 is 0 Å². The smallest absolute Gasteiger partial charge is 0.328 e. The number of fused-ring (bicyclic) bond motifs is 1. The number of hydrogen-bond acceptors (Lipinski definition) is 4. The first kappa shape index (κ1) is 12.6. The van der Waals surface area contributed by atoms with E-state index in [0.29, 0.717) is 24.2 Å². The lowest BCUT2D eigenvalue weighted by Gasteiger charge is -2.27. The lowest BCUT2D eigenvalue weighted by atomic mass is 9.88. The number of carbonyl (C=O) groups is 1. The van der Waals surface area contributed by atoms with Crippen LogP contribution in [0.15, 0.2) is 24.3 Å². The van der Waals surface area contributed by atoms with Crippen molar-refractivity contribution >= 4 is 11.9 Å². The molecule has 104 valence electrons. The number of aliphatic carboxylic acids is 1. The van der Waals surface area contributed by atoms with Gasteiger partial charge in [-0.05, 0) is 24.5 Å². The van der Waals surface area contributed by atoms with Crippen molar-refractivity contribution in [2.24, 2.45) is 0 Å². The van der Waals surface area contributed by atoms with Crippen molar-refractivity contribution in [2.75, 3.05) is 5.73 Å². The zero-order chi connectivity index (χ0) is 14.3. The summed E-state index contributed by atoms with van der Waals surface area (Å²) in [6.45, 7) is 0. The number of aromatic nitrogens is 3. The van der Waals surface area contributed by atoms with Gasteiger partial charge < -0.3 is 10.8 Å². The molecule has 1 aliphatic heterocycles. The molecule has 2 unspecified atom stereocenters. The van der Waals surface area contributed by atoms with E-state index in [1.54, 1.807) is 18.2 Å². The average Bonchev–Trinajstić information content (AvgIpc) is 2.79. The van der Waals surface area contributed by atoms with Crippen molar-refractivity contribution in [1.82, 2.24) is 14.8 Å². The van der Waals surface area contributed by atoms with E-state index in [2.05, 4.69) is 10.1 Å². The van der Waals surface area contributed by atoms with Gasteiger partial charge in [-0.2, -0.15) is 4.98 Å². The highest BCUT2D eigenvalue weighted by Gasteiger charge is 2.35. The van der Waals surface area contributed by atoms with Gasteiger partial charge in [0.2, 0.25) is 5.95 Å². The largest absolute Gasteiger partial charge is 0.480 e. The van der Waals surface area contributed by atoms with Crippen molar-refractivity contribution in [3.8, 4) is 0 Å². The minimum Gasteiger partial charge on any atom is -0.480 e. The topological polar surface area (TPSA) is 94.0 Å². The Balaban J connectivity index is 2.09. The normalized spacial score (nSPS) is 21.4. The molecule has 3 rings (SSSR count). The average molecular weight is 276 g/mol. The van der Waals surface area contributed by atoms with E-state index < -0.39 is 12.0 Å². The summed E-state index contributed by atoms with van der Waals surface area (Å²) >= 11 is 0. The molecule has 0 bridgehead atoms. The SMILES string of the molecule is Nc1nc2n(n1)C(C(=O)O)CCC2c1ccccc1F. The second-order valence-corrected chi connectivity index (χ2v) is 4.78. The third-order valence-electron chi connectivity index (χ3n) is 3.58. The van der Waals surface area contributed by atoms with Crippen LogP contribution in [0.4, 0.5) is 10.3 Å². The van der Waals surface area contributed by atoms with Crippen molar-refractivity contribution in [1.29, 1.82) is 0 Å². The van der Waals surface area contributed by atoms with E-state index in [-0.39, 0.29) is 17.7 Å². The molecule has 1 aliphatic rings. The van der Waals surface area contributed by atoms with Gasteiger partial charge in [0, 0.05) is 5.92 Å². The summed E-state index contributed by atoms with van der Waals surface area (Å²) in [6.07, 6.45) is 0.861. The Labute approximate surface area is 114 Å². The summed E-state index contributed by atoms with van der Waals surface area (Å²) in [5.74, 6) is -1.22. The summed E-state index contributed by atoms with van der Waals surface area (Å²) in [5, 5.41) is 13.1. The van der Waals surface area contributed by atoms with Crippen LogP contribution in [0.3, 0.4) is 0 Å². The quantitative estimate of drug-likeness (QED) is 0.867. The Hall–Kier alpha value is -2.44. The first-order chi connectivity index (χ1) is 9.58. The van der Waals surface area contributed by atoms with Gasteiger partial charge in [0.25, 0.3) is 0 Å². The van der Waals surface area contributed by atoms with Gasteiger partial charge >= 0.3 is 5.97 Å². The van der Waals surface area contributed by atoms with Crippen LogP contribution in [0.2, 0.25) is 0 Å². The van der Waals surface area contributed by atoms with Gasteiger partial charge in [-0.1, -0.05) is 18.2 Å². The molecule has 0 radical (unpaired) electrons. The Morgan fingerprint density at radius 3 is 2.85 bits per heavy atom. The van der Waals surface area contributed by atoms with Crippen molar-refractivity contribution in [3.63, 3.8) is 0 Å². The number of hydrogen-bond donors (Lipinski definition) is 2. The molecule has 0 spiro atoms. The molecule has 2 heterocycles. The van der Waals surface area contributed by atoms with Crippen LogP contribution in [-0.2, 0) is 4.79 Å². The van der Waals surface area contributed by atoms with Crippen molar-refractivity contribution in [3.05, 3.63) is 41.5 Å². The van der Waals surface area contributed by atoms with E-state index in [9.17, 15) is 14.3 Å². The summed E-state index contributed by atoms with van der Waals surface area (Å²) in [5.41, 5.74) is 6.06. The maximum atomic E-state index is 13.9. The van der Waals surface area contributed by atoms with Crippen molar-refractivity contribution < 1.29 is 14.3 Å². The highest BCUT2D eigenvalue weighted by atomic mass is 19.1. The van der Waals surface area contributed by atoms with Crippen LogP contribution in [0.5, 0.6) is 0 Å². The fourth-order valence-corrected chi connectivity index (χ4v) is 2.68. The number of rotatable bonds is 2. The molecule has 2 atom stereocenters. The summed E-state index contributed by atoms with van der Waals surface area (Å²) in [7, 11) is 0. The number of nitrogens with zero attached hydrogens (tertiary/aromatic N) is 3. The van der Waals surface area contributed by atoms with Gasteiger partial charge in [-0.3, -0.25) is 0 Å². The van der Waals surface area contributed by atoms with E-state index in [0.717, 1.165) is 0 Å². The molecule has 2 aromatic rings. The number of nitrogens with two attached hydrogens (primary N) is 1. The number of nitrogen functional groups attached to an aromatic ring is 1. The number of anilines is 1. The molecule has 0 fully saturated rings. The zero-order valence-corrected chi connectivity index (χ0v) is 10.5. The number of halogens is 1. The van der Waals surface area contributed by atoms with E-state index in [1.807, 2.05) is 0 Å². The Kier molecular flexibility index (Phi) is 2.89. The molecule has 0 aliphatic carbocycles. The minimum absolute atomic E-state index is 0.00879. The third kappa shape index (κ3) is 1.91. The first-order valence-electron chi connectivity index (χ1n) is 6.27. The lowest BCUT2D eigenvalue weighted by molar-refractivity contribution is -0.141. The number of benzene rings is 1. The van der Waals surface area contributed by atoms with E-state index in [4.69, 9.17) is 5.73 Å². The monoisotopic (exact) mass is 276 g/mol. The van der Waals surface area contributed by atoms with Crippen LogP contribution >= 0.6 is 0 Å². The van der Waals surface area contributed by atoms with Crippen LogP contribution in [-0.4, -0.2) is 25.8 Å². The second kappa shape index (κ2) is 4.59. The number of carboxylic acid groups (broad SMARTS) is 1. The summed E-state index contributed by atoms with van der Waals surface area (Å²) in [6, 6.07) is 5.61. The predicted molar refractivity (Wildman–Crippen MR) is 68.6 cm³/mol. The van der Waals surface area contributed by atoms with Crippen LogP contribution < -0.4 is 5.73 Å². The Bertz CT molecular complexity index is 670. The zero-order valence-electron chi connectivity index (χ0n) is 10.5. The fourth-order valence-electron chi connectivity index (χ4n) is 2.68. The first-order valence-corrected chi connectivity index (χ1v) is 6.27. The molecule has 0 saturated heterocycles. The molecule has 1 aromatic heterocycles. The van der Waals surface area contributed by atoms with Gasteiger partial charge in [-0.25, -0.2) is 13.9 Å². The lowest BCUT2D eigenvalue weighted by Crippen LogP contribution is -2.29. The fraction of sp³-hybridized carbons (Fsp3) is 0.308. The molecular weight excluding hydrogens is 263 g/mol. The maximum Gasteiger partial charge on any atom is 0.328 e. The standard InChI is InChI=1S/C13H13FN4O2/c14-9-4-2-1-3-7(9)8-5-6-10(12(19)20)18-11(8)16-13(15)17-18/h1-4,8,10H,5-6H2,(H2,15,17)(H,19,20). The molecule has 20 heavy (non-hydrogen) atoms. The summed E-state index contributed by atoms with van der Waals surface area (Å²) in [4.78, 5) is 15.3. The Morgan fingerprint density at radius 1 is 1.40 bits per heavy atom. The van der Waals surface area contributed by atoms with E-state index in [1.165, 1.54) is 10.7 Å². The Morgan fingerprint density at radius 2 is 2.15 bits per heavy atom. The summed E-state index contributed by atoms with van der Waals surface area (Å²) < 4.78 is 15.2. The van der Waals surface area contributed by atoms with Gasteiger partial charge in [0.05, 0.1) is 0 Å². The van der Waals surface area contributed by atoms with Crippen molar-refractivity contribution in [2.45, 2.75) is 24.8 Å². The molecule has 6 nitrogen and oxygen atoms in total. The molecular formula is C13H13FN4O2. The molecule has 0 saturated carbocycles. The highest BCUT2D eigenvalue weighted by Crippen LogP contribution is 2.37. The van der Waals surface area contributed by atoms with Crippen LogP contribution in [0, 0.1) is 5.82 Å². The van der Waals surface area contributed by atoms with Crippen LogP contribution in [0.25, 0.3) is 0 Å². The second-order valence-electron chi connectivity index (χ2n) is 4.78. The van der Waals surface area contributed by atoms with Gasteiger partial charge in [0.15, 0.2) is 6.04 Å². The molecule has 0 amide bonds. The number of carboxylic acids is 1. The molecule has 1 aromatic carbocycles. The van der Waals surface area contributed by atoms with Crippen LogP contribution in [0.1, 0.15) is 36.2 Å². The highest BCUT2D eigenvalue weighted by molar-refractivity contribution is 5.72. The minimum atomic E-state index is -0.983.